The summed E-state index contributed by atoms with van der Waals surface area (Å²) in [6.07, 6.45) is 0. The number of hydrogen-bond donors (Lipinski definition) is 0. The van der Waals surface area contributed by atoms with E-state index in [1.807, 2.05) is 0 Å². The van der Waals surface area contributed by atoms with Gasteiger partial charge in [0.1, 0.15) is 0 Å². The molecule has 0 fully saturated rings. The molecule has 12 aromatic rings. The number of aryl methyl sites for hydroxylation is 2. The first kappa shape index (κ1) is 40.8. The summed E-state index contributed by atoms with van der Waals surface area (Å²) in [6, 6.07) is 93.2. The first-order valence-corrected chi connectivity index (χ1v) is 23.5. The van der Waals surface area contributed by atoms with Crippen LogP contribution in [0, 0.1) is 13.8 Å². The van der Waals surface area contributed by atoms with Gasteiger partial charge >= 0.3 is 0 Å². The normalized spacial score (nSPS) is 11.4. The summed E-state index contributed by atoms with van der Waals surface area (Å²) in [4.78, 5) is 5.02. The molecule has 0 heterocycles. The van der Waals surface area contributed by atoms with Crippen LogP contribution < -0.4 is 9.80 Å². The highest BCUT2D eigenvalue weighted by molar-refractivity contribution is 6.28. The van der Waals surface area contributed by atoms with Crippen LogP contribution in [0.2, 0.25) is 0 Å². The van der Waals surface area contributed by atoms with Crippen LogP contribution in [-0.2, 0) is 0 Å². The Morgan fingerprint density at radius 3 is 0.971 bits per heavy atom. The monoisotopic (exact) mass is 868 g/mol. The molecule has 0 saturated heterocycles. The van der Waals surface area contributed by atoms with Gasteiger partial charge in [-0.05, 0) is 116 Å². The lowest BCUT2D eigenvalue weighted by Crippen LogP contribution is -2.14. The van der Waals surface area contributed by atoms with Crippen molar-refractivity contribution < 1.29 is 0 Å². The van der Waals surface area contributed by atoms with Gasteiger partial charge in [0.25, 0.3) is 0 Å². The van der Waals surface area contributed by atoms with E-state index in [-0.39, 0.29) is 0 Å². The number of rotatable bonds is 10. The van der Waals surface area contributed by atoms with Gasteiger partial charge in [-0.2, -0.15) is 0 Å². The Morgan fingerprint density at radius 1 is 0.235 bits per heavy atom. The van der Waals surface area contributed by atoms with Crippen molar-refractivity contribution in [2.24, 2.45) is 0 Å². The fourth-order valence-corrected chi connectivity index (χ4v) is 10.3. The third-order valence-electron chi connectivity index (χ3n) is 13.7. The Balaban J connectivity index is 1.13. The van der Waals surface area contributed by atoms with Crippen molar-refractivity contribution in [2.45, 2.75) is 13.8 Å². The molecule has 2 nitrogen and oxygen atoms in total. The zero-order valence-electron chi connectivity index (χ0n) is 38.1. The number of hydrogen-bond acceptors (Lipinski definition) is 2. The third kappa shape index (κ3) is 7.15. The first-order chi connectivity index (χ1) is 33.6. The molecule has 0 bridgehead atoms. The highest BCUT2D eigenvalue weighted by Crippen LogP contribution is 2.51. The highest BCUT2D eigenvalue weighted by Gasteiger charge is 2.26. The molecular weight excluding hydrogens is 821 g/mol. The average molecular weight is 869 g/mol. The molecule has 0 saturated carbocycles. The Morgan fingerprint density at radius 2 is 0.574 bits per heavy atom. The topological polar surface area (TPSA) is 6.48 Å². The lowest BCUT2D eigenvalue weighted by atomic mass is 9.91. The molecule has 0 atom stereocenters. The minimum atomic E-state index is 1.13. The predicted octanol–water partition coefficient (Wildman–Crippen LogP) is 18.8. The second-order valence-electron chi connectivity index (χ2n) is 17.8. The summed E-state index contributed by atoms with van der Waals surface area (Å²) in [5.41, 5.74) is 18.6. The summed E-state index contributed by atoms with van der Waals surface area (Å²) in [5, 5.41) is 7.33. The number of benzene rings is 12. The van der Waals surface area contributed by atoms with Crippen molar-refractivity contribution in [2.75, 3.05) is 9.80 Å². The second-order valence-corrected chi connectivity index (χ2v) is 17.8. The van der Waals surface area contributed by atoms with Crippen LogP contribution in [0.3, 0.4) is 0 Å². The Kier molecular flexibility index (Phi) is 10.3. The summed E-state index contributed by atoms with van der Waals surface area (Å²) < 4.78 is 0. The van der Waals surface area contributed by atoms with Gasteiger partial charge in [0.15, 0.2) is 0 Å². The fourth-order valence-electron chi connectivity index (χ4n) is 10.3. The van der Waals surface area contributed by atoms with Crippen molar-refractivity contribution in [3.05, 3.63) is 266 Å². The smallest absolute Gasteiger partial charge is 0.0541 e. The number of nitrogens with zero attached hydrogens (tertiary/aromatic N) is 2. The zero-order valence-corrected chi connectivity index (χ0v) is 38.1. The van der Waals surface area contributed by atoms with Gasteiger partial charge in [-0.15, -0.1) is 0 Å². The van der Waals surface area contributed by atoms with Crippen LogP contribution in [0.1, 0.15) is 11.1 Å². The van der Waals surface area contributed by atoms with Gasteiger partial charge in [0.2, 0.25) is 0 Å². The van der Waals surface area contributed by atoms with E-state index in [1.165, 1.54) is 88.0 Å². The molecule has 2 heteroatoms. The molecule has 0 aliphatic rings. The maximum atomic E-state index is 2.51. The zero-order chi connectivity index (χ0) is 45.6. The molecule has 12 rings (SSSR count). The molecule has 12 aromatic carbocycles. The van der Waals surface area contributed by atoms with Gasteiger partial charge in [-0.25, -0.2) is 0 Å². The van der Waals surface area contributed by atoms with E-state index in [4.69, 9.17) is 0 Å². The van der Waals surface area contributed by atoms with E-state index in [2.05, 4.69) is 278 Å². The fraction of sp³-hybridized carbons (Fsp3) is 0.0303. The maximum absolute atomic E-state index is 2.51. The molecule has 0 unspecified atom stereocenters. The molecule has 322 valence electrons. The Bertz CT molecular complexity index is 3500. The van der Waals surface area contributed by atoms with E-state index >= 15 is 0 Å². The quantitative estimate of drug-likeness (QED) is 0.126. The summed E-state index contributed by atoms with van der Waals surface area (Å²) in [6.45, 7) is 4.47. The van der Waals surface area contributed by atoms with Crippen molar-refractivity contribution in [3.63, 3.8) is 0 Å². The Hall–Kier alpha value is -8.72. The van der Waals surface area contributed by atoms with Crippen LogP contribution in [0.15, 0.2) is 255 Å². The summed E-state index contributed by atoms with van der Waals surface area (Å²) in [7, 11) is 0. The van der Waals surface area contributed by atoms with Crippen LogP contribution in [0.4, 0.5) is 34.1 Å². The highest BCUT2D eigenvalue weighted by atomic mass is 15.2. The molecule has 68 heavy (non-hydrogen) atoms. The van der Waals surface area contributed by atoms with Crippen molar-refractivity contribution in [1.82, 2.24) is 0 Å². The molecule has 0 aliphatic carbocycles. The van der Waals surface area contributed by atoms with E-state index < -0.39 is 0 Å². The molecule has 0 aliphatic heterocycles. The van der Waals surface area contributed by atoms with Gasteiger partial charge in [-0.3, -0.25) is 0 Å². The van der Waals surface area contributed by atoms with Crippen LogP contribution in [0.25, 0.3) is 76.8 Å². The van der Waals surface area contributed by atoms with Crippen molar-refractivity contribution in [1.29, 1.82) is 0 Å². The SMILES string of the molecule is Cc1ccc(-c2ccccc2)cc1N(c1ccccc1-c1ccccc1)c1ccc2ccc3c(N(c4cc(-c5ccccc5)ccc4C)c4ccccc4-c4ccccc4)ccc4ccc1c2c43. The first-order valence-electron chi connectivity index (χ1n) is 23.5. The van der Waals surface area contributed by atoms with E-state index in [0.717, 1.165) is 34.1 Å². The number of para-hydroxylation sites is 2. The second kappa shape index (κ2) is 17.3. The van der Waals surface area contributed by atoms with E-state index in [0.29, 0.717) is 0 Å². The third-order valence-corrected chi connectivity index (χ3v) is 13.7. The Labute approximate surface area is 398 Å². The lowest BCUT2D eigenvalue weighted by Gasteiger charge is -2.32. The molecule has 0 N–H and O–H groups in total. The number of anilines is 6. The van der Waals surface area contributed by atoms with Gasteiger partial charge in [0, 0.05) is 33.3 Å². The van der Waals surface area contributed by atoms with Crippen LogP contribution in [-0.4, -0.2) is 0 Å². The largest absolute Gasteiger partial charge is 0.309 e. The van der Waals surface area contributed by atoms with E-state index in [9.17, 15) is 0 Å². The molecule has 0 radical (unpaired) electrons. The molecule has 0 spiro atoms. The minimum Gasteiger partial charge on any atom is -0.309 e. The minimum absolute atomic E-state index is 1.13. The summed E-state index contributed by atoms with van der Waals surface area (Å²) in [5.74, 6) is 0. The molecule has 0 aromatic heterocycles. The standard InChI is InChI=1S/C66H48N2/c1-45-31-33-53(47-19-7-3-8-20-47)43-63(45)67(59-29-17-15-27-55(59)49-23-11-5-12-24-49)61-41-37-51-36-40-58-62(42-38-52-35-39-57(61)65(51)66(52)58)68(60-30-18-16-28-56(60)50-25-13-6-14-26-50)64-44-54(34-32-46(64)2)48-21-9-4-10-22-48/h3-44H,1-2H3. The predicted molar refractivity (Wildman–Crippen MR) is 291 cm³/mol. The summed E-state index contributed by atoms with van der Waals surface area (Å²) >= 11 is 0. The molecular formula is C66H48N2. The van der Waals surface area contributed by atoms with Gasteiger partial charge in [-0.1, -0.05) is 218 Å². The van der Waals surface area contributed by atoms with Crippen LogP contribution >= 0.6 is 0 Å². The molecule has 0 amide bonds. The average Bonchev–Trinajstić information content (AvgIpc) is 3.41. The van der Waals surface area contributed by atoms with Crippen LogP contribution in [0.5, 0.6) is 0 Å². The van der Waals surface area contributed by atoms with E-state index in [1.54, 1.807) is 0 Å². The van der Waals surface area contributed by atoms with Gasteiger partial charge < -0.3 is 9.80 Å². The lowest BCUT2D eigenvalue weighted by molar-refractivity contribution is 1.26. The van der Waals surface area contributed by atoms with Crippen molar-refractivity contribution in [3.8, 4) is 44.5 Å². The maximum Gasteiger partial charge on any atom is 0.0541 e. The van der Waals surface area contributed by atoms with Crippen molar-refractivity contribution >= 4 is 66.4 Å². The van der Waals surface area contributed by atoms with Gasteiger partial charge in [0.05, 0.1) is 22.7 Å².